The second-order valence-corrected chi connectivity index (χ2v) is 6.77. The van der Waals surface area contributed by atoms with E-state index in [0.717, 1.165) is 5.57 Å². The fourth-order valence-corrected chi connectivity index (χ4v) is 2.98. The number of aliphatic hydroxyl groups is 2. The summed E-state index contributed by atoms with van der Waals surface area (Å²) in [6.07, 6.45) is 0.402. The summed E-state index contributed by atoms with van der Waals surface area (Å²) in [7, 11) is 1.52. The van der Waals surface area contributed by atoms with Crippen LogP contribution in [-0.4, -0.2) is 41.3 Å². The van der Waals surface area contributed by atoms with Crippen LogP contribution in [0.4, 0.5) is 13.2 Å². The van der Waals surface area contributed by atoms with Crippen LogP contribution in [0, 0.1) is 5.92 Å². The Hall–Kier alpha value is -0.850. The highest BCUT2D eigenvalue weighted by molar-refractivity contribution is 5.07. The van der Waals surface area contributed by atoms with Crippen molar-refractivity contribution >= 4 is 0 Å². The van der Waals surface area contributed by atoms with Crippen molar-refractivity contribution in [3.8, 4) is 0 Å². The number of halogens is 3. The van der Waals surface area contributed by atoms with E-state index in [9.17, 15) is 23.4 Å². The van der Waals surface area contributed by atoms with Gasteiger partial charge in [-0.25, -0.2) is 0 Å². The molecule has 2 N–H and O–H groups in total. The van der Waals surface area contributed by atoms with Gasteiger partial charge in [0.2, 0.25) is 0 Å². The van der Waals surface area contributed by atoms with Gasteiger partial charge < -0.3 is 14.9 Å². The first kappa shape index (κ1) is 21.2. The fourth-order valence-electron chi connectivity index (χ4n) is 2.98. The number of ether oxygens (including phenoxy) is 1. The van der Waals surface area contributed by atoms with Crippen molar-refractivity contribution in [3.05, 3.63) is 23.8 Å². The van der Waals surface area contributed by atoms with E-state index in [1.807, 2.05) is 6.08 Å². The largest absolute Gasteiger partial charge is 0.417 e. The smallest absolute Gasteiger partial charge is 0.389 e. The normalized spacial score (nSPS) is 38.0. The molecule has 0 amide bonds. The molecule has 4 atom stereocenters. The number of rotatable bonds is 1. The molecule has 0 aliphatic heterocycles. The third kappa shape index (κ3) is 5.90. The Morgan fingerprint density at radius 3 is 2.50 bits per heavy atom. The Morgan fingerprint density at radius 2 is 1.92 bits per heavy atom. The molecule has 0 fully saturated rings. The highest BCUT2D eigenvalue weighted by Crippen LogP contribution is 2.39. The molecule has 0 aromatic carbocycles. The molecule has 3 nitrogen and oxygen atoms in total. The monoisotopic (exact) mass is 350 g/mol. The van der Waals surface area contributed by atoms with Gasteiger partial charge in [0.05, 0.1) is 6.10 Å². The first-order valence-corrected chi connectivity index (χ1v) is 8.44. The Labute approximate surface area is 142 Å². The molecule has 0 spiro atoms. The van der Waals surface area contributed by atoms with Gasteiger partial charge in [-0.1, -0.05) is 30.7 Å². The Kier molecular flexibility index (Phi) is 7.96. The average molecular weight is 350 g/mol. The predicted octanol–water partition coefficient (Wildman–Crippen LogP) is 4.15. The summed E-state index contributed by atoms with van der Waals surface area (Å²) in [5.41, 5.74) is -1.92. The van der Waals surface area contributed by atoms with Gasteiger partial charge in [-0.15, -0.1) is 0 Å². The molecule has 0 saturated carbocycles. The number of hydrogen-bond acceptors (Lipinski definition) is 3. The summed E-state index contributed by atoms with van der Waals surface area (Å²) >= 11 is 0. The van der Waals surface area contributed by atoms with Crippen molar-refractivity contribution in [1.29, 1.82) is 0 Å². The zero-order valence-corrected chi connectivity index (χ0v) is 14.6. The lowest BCUT2D eigenvalue weighted by molar-refractivity contribution is -0.265. The van der Waals surface area contributed by atoms with E-state index in [4.69, 9.17) is 4.74 Å². The van der Waals surface area contributed by atoms with Gasteiger partial charge in [0.15, 0.2) is 5.60 Å². The molecule has 1 aliphatic carbocycles. The van der Waals surface area contributed by atoms with E-state index in [2.05, 4.69) is 0 Å². The number of aliphatic hydroxyl groups excluding tert-OH is 1. The zero-order chi connectivity index (χ0) is 18.4. The minimum atomic E-state index is -4.63. The number of alkyl halides is 3. The quantitative estimate of drug-likeness (QED) is 0.699. The molecule has 6 heteroatoms. The minimum absolute atomic E-state index is 0.139. The van der Waals surface area contributed by atoms with E-state index in [1.54, 1.807) is 26.0 Å². The molecule has 0 aromatic rings. The molecule has 0 aromatic heterocycles. The van der Waals surface area contributed by atoms with Crippen LogP contribution in [0.1, 0.15) is 52.4 Å². The van der Waals surface area contributed by atoms with Crippen molar-refractivity contribution in [2.75, 3.05) is 7.11 Å². The molecule has 0 heterocycles. The molecule has 140 valence electrons. The molecular formula is C18H29F3O3. The van der Waals surface area contributed by atoms with Gasteiger partial charge in [-0.3, -0.25) is 0 Å². The lowest BCUT2D eigenvalue weighted by Gasteiger charge is -2.31. The maximum atomic E-state index is 13.2. The highest BCUT2D eigenvalue weighted by Gasteiger charge is 2.52. The topological polar surface area (TPSA) is 49.7 Å². The molecule has 0 radical (unpaired) electrons. The standard InChI is InChI=1S/C18H29F3O3/c1-13-9-11-17(23,18(19,20)21)10-7-5-4-6-8-15(24-3)16(22)14(2)12-13/h6,8,12,14-16,22-23H,4-5,7,9-11H2,1-3H3/b8-6+,13-12-/t14?,15-,16?,17?/m0/s1. The Bertz CT molecular complexity index is 445. The van der Waals surface area contributed by atoms with Crippen molar-refractivity contribution in [2.45, 2.75) is 76.4 Å². The van der Waals surface area contributed by atoms with Gasteiger partial charge in [0.1, 0.15) is 6.10 Å². The van der Waals surface area contributed by atoms with Crippen LogP contribution in [0.2, 0.25) is 0 Å². The summed E-state index contributed by atoms with van der Waals surface area (Å²) in [6, 6.07) is 0. The van der Waals surface area contributed by atoms with E-state index in [0.29, 0.717) is 19.3 Å². The maximum absolute atomic E-state index is 13.2. The summed E-state index contributed by atoms with van der Waals surface area (Å²) in [5, 5.41) is 20.4. The van der Waals surface area contributed by atoms with E-state index >= 15 is 0 Å². The average Bonchev–Trinajstić information content (AvgIpc) is 2.49. The minimum Gasteiger partial charge on any atom is -0.389 e. The molecule has 1 aliphatic rings. The van der Waals surface area contributed by atoms with Gasteiger partial charge in [0.25, 0.3) is 0 Å². The zero-order valence-electron chi connectivity index (χ0n) is 14.6. The first-order chi connectivity index (χ1) is 11.1. The Morgan fingerprint density at radius 1 is 1.25 bits per heavy atom. The summed E-state index contributed by atoms with van der Waals surface area (Å²) < 4.78 is 45.0. The SMILES string of the molecule is CO[C@H]1/C=C/CCCCC(O)(C(F)(F)F)CC/C(C)=C\C(C)C1O. The van der Waals surface area contributed by atoms with Crippen LogP contribution >= 0.6 is 0 Å². The van der Waals surface area contributed by atoms with Crippen LogP contribution in [0.5, 0.6) is 0 Å². The summed E-state index contributed by atoms with van der Waals surface area (Å²) in [6.45, 7) is 3.53. The van der Waals surface area contributed by atoms with E-state index in [-0.39, 0.29) is 25.2 Å². The van der Waals surface area contributed by atoms with Crippen molar-refractivity contribution in [3.63, 3.8) is 0 Å². The van der Waals surface area contributed by atoms with Gasteiger partial charge in [-0.05, 0) is 45.4 Å². The summed E-state index contributed by atoms with van der Waals surface area (Å²) in [4.78, 5) is 0. The van der Waals surface area contributed by atoms with E-state index < -0.39 is 24.0 Å². The van der Waals surface area contributed by atoms with Crippen LogP contribution < -0.4 is 0 Å². The van der Waals surface area contributed by atoms with Crippen LogP contribution in [0.15, 0.2) is 23.8 Å². The number of allylic oxidation sites excluding steroid dienone is 2. The van der Waals surface area contributed by atoms with Crippen LogP contribution in [-0.2, 0) is 4.74 Å². The number of hydrogen-bond donors (Lipinski definition) is 2. The third-order valence-corrected chi connectivity index (χ3v) is 4.69. The lowest BCUT2D eigenvalue weighted by Crippen LogP contribution is -2.45. The van der Waals surface area contributed by atoms with E-state index in [1.165, 1.54) is 7.11 Å². The molecule has 1 rings (SSSR count). The molecule has 0 bridgehead atoms. The van der Waals surface area contributed by atoms with Crippen LogP contribution in [0.3, 0.4) is 0 Å². The maximum Gasteiger partial charge on any atom is 0.417 e. The molecule has 24 heavy (non-hydrogen) atoms. The fraction of sp³-hybridized carbons (Fsp3) is 0.778. The molecular weight excluding hydrogens is 321 g/mol. The van der Waals surface area contributed by atoms with Gasteiger partial charge >= 0.3 is 6.18 Å². The molecule has 3 unspecified atom stereocenters. The predicted molar refractivity (Wildman–Crippen MR) is 87.6 cm³/mol. The van der Waals surface area contributed by atoms with Gasteiger partial charge in [-0.2, -0.15) is 13.2 Å². The van der Waals surface area contributed by atoms with Gasteiger partial charge in [0, 0.05) is 13.0 Å². The van der Waals surface area contributed by atoms with Crippen molar-refractivity contribution < 1.29 is 28.1 Å². The third-order valence-electron chi connectivity index (χ3n) is 4.69. The summed E-state index contributed by atoms with van der Waals surface area (Å²) in [5.74, 6) is -0.262. The van der Waals surface area contributed by atoms with Crippen LogP contribution in [0.25, 0.3) is 0 Å². The van der Waals surface area contributed by atoms with Crippen molar-refractivity contribution in [1.82, 2.24) is 0 Å². The Balaban J connectivity index is 2.98. The lowest BCUT2D eigenvalue weighted by atomic mass is 9.87. The number of methoxy groups -OCH3 is 1. The first-order valence-electron chi connectivity index (χ1n) is 8.44. The second-order valence-electron chi connectivity index (χ2n) is 6.77. The van der Waals surface area contributed by atoms with Crippen molar-refractivity contribution in [2.24, 2.45) is 5.92 Å². The highest BCUT2D eigenvalue weighted by atomic mass is 19.4. The molecule has 0 saturated heterocycles. The second kappa shape index (κ2) is 9.02.